The number of carboxylic acids is 1. The molecule has 0 aromatic carbocycles. The lowest BCUT2D eigenvalue weighted by molar-refractivity contribution is -0.140. The van der Waals surface area contributed by atoms with Crippen LogP contribution in [0.5, 0.6) is 0 Å². The van der Waals surface area contributed by atoms with E-state index in [0.717, 1.165) is 0 Å². The topological polar surface area (TPSA) is 108 Å². The number of thioether (sulfide) groups is 1. The quantitative estimate of drug-likeness (QED) is 0.633. The first kappa shape index (κ1) is 17.0. The van der Waals surface area contributed by atoms with Crippen molar-refractivity contribution in [3.63, 3.8) is 0 Å². The van der Waals surface area contributed by atoms with Crippen molar-refractivity contribution in [3.8, 4) is 0 Å². The van der Waals surface area contributed by atoms with Gasteiger partial charge in [0.2, 0.25) is 5.91 Å². The fourth-order valence-corrected chi connectivity index (χ4v) is 2.41. The minimum Gasteiger partial charge on any atom is -0.480 e. The van der Waals surface area contributed by atoms with Gasteiger partial charge >= 0.3 is 5.97 Å². The van der Waals surface area contributed by atoms with Crippen molar-refractivity contribution >= 4 is 29.5 Å². The number of amides is 2. The summed E-state index contributed by atoms with van der Waals surface area (Å²) < 4.78 is 0. The van der Waals surface area contributed by atoms with Crippen LogP contribution in [0, 0.1) is 0 Å². The van der Waals surface area contributed by atoms with E-state index < -0.39 is 17.9 Å². The summed E-state index contributed by atoms with van der Waals surface area (Å²) in [6.07, 6.45) is 1.49. The Kier molecular flexibility index (Phi) is 6.67. The van der Waals surface area contributed by atoms with E-state index >= 15 is 0 Å². The lowest BCUT2D eigenvalue weighted by atomic mass is 10.3. The average molecular weight is 311 g/mol. The number of nitrogens with zero attached hydrogens (tertiary/aromatic N) is 1. The molecule has 0 aliphatic heterocycles. The Morgan fingerprint density at radius 3 is 2.71 bits per heavy atom. The molecule has 2 amide bonds. The largest absolute Gasteiger partial charge is 0.480 e. The molecule has 0 fully saturated rings. The first-order valence-electron chi connectivity index (χ1n) is 6.31. The van der Waals surface area contributed by atoms with Gasteiger partial charge in [0, 0.05) is 30.3 Å². The summed E-state index contributed by atoms with van der Waals surface area (Å²) in [6, 6.07) is 2.29. The second-order valence-corrected chi connectivity index (χ2v) is 5.23. The summed E-state index contributed by atoms with van der Waals surface area (Å²) in [6.45, 7) is 3.57. The highest BCUT2D eigenvalue weighted by atomic mass is 32.2. The summed E-state index contributed by atoms with van der Waals surface area (Å²) in [5, 5.41) is 14.0. The van der Waals surface area contributed by atoms with Gasteiger partial charge in [-0.3, -0.25) is 14.6 Å². The highest BCUT2D eigenvalue weighted by Crippen LogP contribution is 2.19. The predicted octanol–water partition coefficient (Wildman–Crippen LogP) is 0.513. The molecule has 1 unspecified atom stereocenters. The molecule has 3 N–H and O–H groups in total. The Labute approximate surface area is 126 Å². The maximum absolute atomic E-state index is 11.7. The van der Waals surface area contributed by atoms with E-state index in [-0.39, 0.29) is 17.4 Å². The number of aromatic nitrogens is 1. The lowest BCUT2D eigenvalue weighted by Crippen LogP contribution is -2.41. The molecule has 0 saturated carbocycles. The van der Waals surface area contributed by atoms with Crippen molar-refractivity contribution in [2.45, 2.75) is 24.8 Å². The van der Waals surface area contributed by atoms with Gasteiger partial charge < -0.3 is 15.7 Å². The van der Waals surface area contributed by atoms with Gasteiger partial charge in [-0.25, -0.2) is 4.79 Å². The molecule has 114 valence electrons. The van der Waals surface area contributed by atoms with Crippen LogP contribution < -0.4 is 10.6 Å². The van der Waals surface area contributed by atoms with E-state index in [9.17, 15) is 14.4 Å². The molecule has 0 spiro atoms. The molecule has 8 heteroatoms. The minimum atomic E-state index is -1.10. The van der Waals surface area contributed by atoms with Crippen LogP contribution in [-0.2, 0) is 9.59 Å². The van der Waals surface area contributed by atoms with E-state index in [1.54, 1.807) is 19.1 Å². The van der Waals surface area contributed by atoms with Crippen molar-refractivity contribution in [2.24, 2.45) is 0 Å². The average Bonchev–Trinajstić information content (AvgIpc) is 2.43. The maximum Gasteiger partial charge on any atom is 0.327 e. The zero-order chi connectivity index (χ0) is 15.8. The molecular weight excluding hydrogens is 294 g/mol. The van der Waals surface area contributed by atoms with Gasteiger partial charge in [0.1, 0.15) is 11.7 Å². The summed E-state index contributed by atoms with van der Waals surface area (Å²) in [7, 11) is 0. The molecule has 7 nitrogen and oxygen atoms in total. The number of pyridine rings is 1. The maximum atomic E-state index is 11.7. The third kappa shape index (κ3) is 5.82. The highest BCUT2D eigenvalue weighted by Gasteiger charge is 2.18. The molecule has 0 saturated heterocycles. The third-order valence-electron chi connectivity index (χ3n) is 2.39. The van der Waals surface area contributed by atoms with Crippen LogP contribution in [0.2, 0.25) is 0 Å². The third-order valence-corrected chi connectivity index (χ3v) is 3.48. The molecule has 1 rings (SSSR count). The van der Waals surface area contributed by atoms with Crippen LogP contribution in [-0.4, -0.2) is 46.2 Å². The number of aliphatic carboxylic acids is 1. The van der Waals surface area contributed by atoms with Gasteiger partial charge in [0.15, 0.2) is 0 Å². The summed E-state index contributed by atoms with van der Waals surface area (Å²) in [5.41, 5.74) is 0.272. The zero-order valence-corrected chi connectivity index (χ0v) is 12.6. The fourth-order valence-electron chi connectivity index (χ4n) is 1.48. The van der Waals surface area contributed by atoms with Crippen molar-refractivity contribution in [1.82, 2.24) is 15.6 Å². The van der Waals surface area contributed by atoms with Crippen molar-refractivity contribution in [2.75, 3.05) is 12.3 Å². The summed E-state index contributed by atoms with van der Waals surface area (Å²) in [4.78, 5) is 38.3. The molecule has 1 heterocycles. The number of rotatable bonds is 7. The van der Waals surface area contributed by atoms with Gasteiger partial charge in [0.25, 0.3) is 5.91 Å². The standard InChI is InChI=1S/C13H17N3O4S/c1-3-14-12(18)10-6-9(4-5-15-10)21-7-11(13(19)20)16-8(2)17/h4-6,11H,3,7H2,1-2H3,(H,14,18)(H,16,17)(H,19,20). The first-order chi connectivity index (χ1) is 9.93. The number of hydrogen-bond acceptors (Lipinski definition) is 5. The lowest BCUT2D eigenvalue weighted by Gasteiger charge is -2.12. The van der Waals surface area contributed by atoms with Gasteiger partial charge in [0.05, 0.1) is 0 Å². The van der Waals surface area contributed by atoms with Crippen molar-refractivity contribution < 1.29 is 19.5 Å². The van der Waals surface area contributed by atoms with E-state index in [1.807, 2.05) is 0 Å². The highest BCUT2D eigenvalue weighted by molar-refractivity contribution is 7.99. The Hall–Kier alpha value is -2.09. The van der Waals surface area contributed by atoms with E-state index in [4.69, 9.17) is 5.11 Å². The van der Waals surface area contributed by atoms with Crippen LogP contribution in [0.15, 0.2) is 23.2 Å². The molecule has 21 heavy (non-hydrogen) atoms. The molecule has 0 radical (unpaired) electrons. The number of carboxylic acid groups (broad SMARTS) is 1. The molecular formula is C13H17N3O4S. The first-order valence-corrected chi connectivity index (χ1v) is 7.29. The molecule has 1 atom stereocenters. The summed E-state index contributed by atoms with van der Waals surface area (Å²) >= 11 is 1.23. The van der Waals surface area contributed by atoms with Crippen LogP contribution in [0.3, 0.4) is 0 Å². The van der Waals surface area contributed by atoms with E-state index in [2.05, 4.69) is 15.6 Å². The van der Waals surface area contributed by atoms with E-state index in [1.165, 1.54) is 24.9 Å². The van der Waals surface area contributed by atoms with Crippen molar-refractivity contribution in [1.29, 1.82) is 0 Å². The SMILES string of the molecule is CCNC(=O)c1cc(SCC(NC(C)=O)C(=O)O)ccn1. The smallest absolute Gasteiger partial charge is 0.327 e. The van der Waals surface area contributed by atoms with Crippen LogP contribution in [0.4, 0.5) is 0 Å². The second-order valence-electron chi connectivity index (χ2n) is 4.14. The second kappa shape index (κ2) is 8.25. The molecule has 0 aliphatic rings. The van der Waals surface area contributed by atoms with Gasteiger partial charge in [-0.1, -0.05) is 0 Å². The molecule has 1 aromatic rings. The van der Waals surface area contributed by atoms with Crippen molar-refractivity contribution in [3.05, 3.63) is 24.0 Å². The number of carbonyl (C=O) groups excluding carboxylic acids is 2. The fraction of sp³-hybridized carbons (Fsp3) is 0.385. The Balaban J connectivity index is 2.70. The van der Waals surface area contributed by atoms with Gasteiger partial charge in [-0.2, -0.15) is 0 Å². The Morgan fingerprint density at radius 2 is 2.14 bits per heavy atom. The van der Waals surface area contributed by atoms with E-state index in [0.29, 0.717) is 11.4 Å². The van der Waals surface area contributed by atoms with Crippen LogP contribution in [0.25, 0.3) is 0 Å². The summed E-state index contributed by atoms with van der Waals surface area (Å²) in [5.74, 6) is -1.62. The normalized spacial score (nSPS) is 11.5. The molecule has 0 bridgehead atoms. The Bertz CT molecular complexity index is 536. The number of hydrogen-bond donors (Lipinski definition) is 3. The van der Waals surface area contributed by atoms with Gasteiger partial charge in [-0.05, 0) is 19.1 Å². The molecule has 1 aromatic heterocycles. The molecule has 0 aliphatic carbocycles. The Morgan fingerprint density at radius 1 is 1.43 bits per heavy atom. The zero-order valence-electron chi connectivity index (χ0n) is 11.8. The van der Waals surface area contributed by atoms with Crippen LogP contribution >= 0.6 is 11.8 Å². The van der Waals surface area contributed by atoms with Crippen LogP contribution in [0.1, 0.15) is 24.3 Å². The monoisotopic (exact) mass is 311 g/mol. The van der Waals surface area contributed by atoms with Gasteiger partial charge in [-0.15, -0.1) is 11.8 Å². The number of carbonyl (C=O) groups is 3. The predicted molar refractivity (Wildman–Crippen MR) is 78.2 cm³/mol. The number of nitrogens with one attached hydrogen (secondary N) is 2. The minimum absolute atomic E-state index is 0.160.